The van der Waals surface area contributed by atoms with Crippen molar-refractivity contribution in [3.05, 3.63) is 23.8 Å². The average molecular weight is 475 g/mol. The lowest BCUT2D eigenvalue weighted by molar-refractivity contribution is -0.138. The first-order chi connectivity index (χ1) is 16.2. The quantitative estimate of drug-likeness (QED) is 0.568. The van der Waals surface area contributed by atoms with Gasteiger partial charge in [0.2, 0.25) is 11.5 Å². The lowest BCUT2D eigenvalue weighted by Gasteiger charge is -2.41. The van der Waals surface area contributed by atoms with E-state index in [0.717, 1.165) is 25.9 Å². The van der Waals surface area contributed by atoms with Gasteiger partial charge in [0.15, 0.2) is 0 Å². The van der Waals surface area contributed by atoms with Crippen LogP contribution in [-0.4, -0.2) is 80.2 Å². The normalized spacial score (nSPS) is 22.2. The molecular weight excluding hydrogens is 436 g/mol. The van der Waals surface area contributed by atoms with Gasteiger partial charge in [-0.25, -0.2) is 0 Å². The van der Waals surface area contributed by atoms with Crippen molar-refractivity contribution in [2.75, 3.05) is 44.8 Å². The maximum atomic E-state index is 13.6. The number of rotatable bonds is 9. The predicted octanol–water partition coefficient (Wildman–Crippen LogP) is 1.95. The minimum absolute atomic E-state index is 0.0386. The Balaban J connectivity index is 1.93. The number of nitrogens with one attached hydrogen (secondary N) is 2. The molecule has 1 aromatic carbocycles. The summed E-state index contributed by atoms with van der Waals surface area (Å²) in [6.07, 6.45) is 2.36. The molecule has 1 saturated heterocycles. The zero-order valence-electron chi connectivity index (χ0n) is 21.0. The standard InChI is InChI=1S/C25H38N4O5/c1-6-22(30)27-12-13-28-20-14-18(9-10-21(20)34-25(4,16-33-5)24(28)32)23(31)29(17(2)3)19-8-7-11-26-15-19/h9-10,14,17,19,26H,6-8,11-13,15-16H2,1-5H3,(H,27,30)/t19-,25+/m1/s1. The fraction of sp³-hybridized carbons (Fsp3) is 0.640. The number of nitrogens with zero attached hydrogens (tertiary/aromatic N) is 2. The largest absolute Gasteiger partial charge is 0.473 e. The van der Waals surface area contributed by atoms with E-state index in [2.05, 4.69) is 10.6 Å². The van der Waals surface area contributed by atoms with Crippen LogP contribution in [0, 0.1) is 0 Å². The zero-order valence-corrected chi connectivity index (χ0v) is 21.0. The minimum atomic E-state index is -1.19. The fourth-order valence-electron chi connectivity index (χ4n) is 4.69. The lowest BCUT2D eigenvalue weighted by atomic mass is 9.99. The molecule has 2 N–H and O–H groups in total. The maximum absolute atomic E-state index is 13.6. The topological polar surface area (TPSA) is 100 Å². The van der Waals surface area contributed by atoms with Gasteiger partial charge in [0.1, 0.15) is 5.75 Å². The van der Waals surface area contributed by atoms with Gasteiger partial charge in [-0.1, -0.05) is 6.92 Å². The summed E-state index contributed by atoms with van der Waals surface area (Å²) in [5.41, 5.74) is -0.159. The molecule has 0 unspecified atom stereocenters. The minimum Gasteiger partial charge on any atom is -0.473 e. The van der Waals surface area contributed by atoms with Crippen molar-refractivity contribution in [1.29, 1.82) is 0 Å². The molecule has 1 aromatic rings. The molecule has 34 heavy (non-hydrogen) atoms. The van der Waals surface area contributed by atoms with Gasteiger partial charge in [-0.15, -0.1) is 0 Å². The number of ether oxygens (including phenoxy) is 2. The van der Waals surface area contributed by atoms with Crippen molar-refractivity contribution in [3.63, 3.8) is 0 Å². The van der Waals surface area contributed by atoms with Crippen LogP contribution in [0.15, 0.2) is 18.2 Å². The molecule has 3 amide bonds. The Morgan fingerprint density at radius 3 is 2.76 bits per heavy atom. The number of hydrogen-bond acceptors (Lipinski definition) is 6. The fourth-order valence-corrected chi connectivity index (χ4v) is 4.69. The van der Waals surface area contributed by atoms with Crippen LogP contribution in [0.5, 0.6) is 5.75 Å². The molecule has 9 nitrogen and oxygen atoms in total. The Kier molecular flexibility index (Phi) is 8.54. The highest BCUT2D eigenvalue weighted by Gasteiger charge is 2.45. The molecule has 0 spiro atoms. The summed E-state index contributed by atoms with van der Waals surface area (Å²) in [6, 6.07) is 5.40. The molecule has 0 saturated carbocycles. The molecule has 2 heterocycles. The van der Waals surface area contributed by atoms with Crippen molar-refractivity contribution < 1.29 is 23.9 Å². The van der Waals surface area contributed by atoms with E-state index in [1.807, 2.05) is 18.7 Å². The molecule has 9 heteroatoms. The molecule has 0 aromatic heterocycles. The van der Waals surface area contributed by atoms with E-state index in [4.69, 9.17) is 9.47 Å². The second-order valence-corrected chi connectivity index (χ2v) is 9.42. The summed E-state index contributed by atoms with van der Waals surface area (Å²) < 4.78 is 11.3. The molecule has 3 rings (SSSR count). The molecule has 188 valence electrons. The number of benzene rings is 1. The van der Waals surface area contributed by atoms with E-state index in [9.17, 15) is 14.4 Å². The average Bonchev–Trinajstić information content (AvgIpc) is 2.81. The SMILES string of the molecule is CCC(=O)NCCN1C(=O)[C@](C)(COC)Oc2ccc(C(=O)N(C(C)C)[C@@H]3CCCNC3)cc21. The summed E-state index contributed by atoms with van der Waals surface area (Å²) in [5, 5.41) is 6.20. The second-order valence-electron chi connectivity index (χ2n) is 9.42. The van der Waals surface area contributed by atoms with E-state index < -0.39 is 5.60 Å². The second kappa shape index (κ2) is 11.2. The summed E-state index contributed by atoms with van der Waals surface area (Å²) in [5.74, 6) is 0.0870. The highest BCUT2D eigenvalue weighted by molar-refractivity contribution is 6.04. The first-order valence-electron chi connectivity index (χ1n) is 12.2. The van der Waals surface area contributed by atoms with Crippen LogP contribution in [-0.2, 0) is 14.3 Å². The monoisotopic (exact) mass is 474 g/mol. The van der Waals surface area contributed by atoms with Crippen LogP contribution in [0.25, 0.3) is 0 Å². The third-order valence-electron chi connectivity index (χ3n) is 6.38. The summed E-state index contributed by atoms with van der Waals surface area (Å²) >= 11 is 0. The van der Waals surface area contributed by atoms with Crippen LogP contribution in [0.2, 0.25) is 0 Å². The van der Waals surface area contributed by atoms with Crippen molar-refractivity contribution >= 4 is 23.4 Å². The number of anilines is 1. The molecule has 0 radical (unpaired) electrons. The maximum Gasteiger partial charge on any atom is 0.273 e. The smallest absolute Gasteiger partial charge is 0.273 e. The predicted molar refractivity (Wildman–Crippen MR) is 130 cm³/mol. The molecule has 2 atom stereocenters. The van der Waals surface area contributed by atoms with Crippen molar-refractivity contribution in [2.45, 2.75) is 64.6 Å². The number of carbonyl (C=O) groups is 3. The number of hydrogen-bond donors (Lipinski definition) is 2. The molecule has 2 aliphatic heterocycles. The van der Waals surface area contributed by atoms with Gasteiger partial charge in [0.25, 0.3) is 11.8 Å². The Morgan fingerprint density at radius 1 is 1.38 bits per heavy atom. The van der Waals surface area contributed by atoms with Crippen LogP contribution < -0.4 is 20.3 Å². The van der Waals surface area contributed by atoms with Crippen molar-refractivity contribution in [2.24, 2.45) is 0 Å². The molecule has 1 fully saturated rings. The number of methoxy groups -OCH3 is 1. The Hall–Kier alpha value is -2.65. The zero-order chi connectivity index (χ0) is 24.9. The lowest BCUT2D eigenvalue weighted by Crippen LogP contribution is -2.58. The Labute approximate surface area is 202 Å². The Bertz CT molecular complexity index is 899. The molecular formula is C25H38N4O5. The summed E-state index contributed by atoms with van der Waals surface area (Å²) in [6.45, 7) is 9.90. The van der Waals surface area contributed by atoms with Crippen molar-refractivity contribution in [1.82, 2.24) is 15.5 Å². The Morgan fingerprint density at radius 2 is 2.15 bits per heavy atom. The first kappa shape index (κ1) is 26.0. The van der Waals surface area contributed by atoms with Gasteiger partial charge in [-0.05, 0) is 58.4 Å². The summed E-state index contributed by atoms with van der Waals surface area (Å²) in [7, 11) is 1.52. The van der Waals surface area contributed by atoms with Gasteiger partial charge < -0.3 is 29.9 Å². The molecule has 2 aliphatic rings. The van der Waals surface area contributed by atoms with Gasteiger partial charge in [-0.3, -0.25) is 14.4 Å². The number of carbonyl (C=O) groups excluding carboxylic acids is 3. The van der Waals surface area contributed by atoms with Crippen LogP contribution in [0.3, 0.4) is 0 Å². The molecule has 0 aliphatic carbocycles. The van der Waals surface area contributed by atoms with E-state index in [1.54, 1.807) is 36.9 Å². The van der Waals surface area contributed by atoms with Crippen LogP contribution >= 0.6 is 0 Å². The van der Waals surface area contributed by atoms with E-state index in [1.165, 1.54) is 7.11 Å². The number of fused-ring (bicyclic) bond motifs is 1. The third kappa shape index (κ3) is 5.52. The van der Waals surface area contributed by atoms with E-state index >= 15 is 0 Å². The van der Waals surface area contributed by atoms with Crippen LogP contribution in [0.1, 0.15) is 57.3 Å². The van der Waals surface area contributed by atoms with Gasteiger partial charge in [0, 0.05) is 50.8 Å². The summed E-state index contributed by atoms with van der Waals surface area (Å²) in [4.78, 5) is 42.3. The highest BCUT2D eigenvalue weighted by Crippen LogP contribution is 2.39. The van der Waals surface area contributed by atoms with Gasteiger partial charge in [0.05, 0.1) is 12.3 Å². The van der Waals surface area contributed by atoms with Gasteiger partial charge >= 0.3 is 0 Å². The van der Waals surface area contributed by atoms with Crippen LogP contribution in [0.4, 0.5) is 5.69 Å². The third-order valence-corrected chi connectivity index (χ3v) is 6.38. The van der Waals surface area contributed by atoms with Gasteiger partial charge in [-0.2, -0.15) is 0 Å². The van der Waals surface area contributed by atoms with Crippen molar-refractivity contribution in [3.8, 4) is 5.75 Å². The van der Waals surface area contributed by atoms with E-state index in [0.29, 0.717) is 30.0 Å². The first-order valence-corrected chi connectivity index (χ1v) is 12.2. The number of amides is 3. The number of piperidine rings is 1. The van der Waals surface area contributed by atoms with E-state index in [-0.39, 0.29) is 43.0 Å². The molecule has 0 bridgehead atoms. The highest BCUT2D eigenvalue weighted by atomic mass is 16.5.